The summed E-state index contributed by atoms with van der Waals surface area (Å²) < 4.78 is 0.838. The van der Waals surface area contributed by atoms with Gasteiger partial charge in [0.2, 0.25) is 0 Å². The van der Waals surface area contributed by atoms with Crippen molar-refractivity contribution in [3.8, 4) is 0 Å². The number of carbonyl (C=O) groups is 1. The second kappa shape index (κ2) is 8.03. The quantitative estimate of drug-likeness (QED) is 0.751. The summed E-state index contributed by atoms with van der Waals surface area (Å²) >= 11 is 15.0. The maximum Gasteiger partial charge on any atom is 0.252 e. The van der Waals surface area contributed by atoms with Crippen LogP contribution in [0, 0.1) is 5.92 Å². The Morgan fingerprint density at radius 1 is 1.50 bits per heavy atom. The first-order valence-electron chi connectivity index (χ1n) is 5.87. The lowest BCUT2D eigenvalue weighted by Crippen LogP contribution is -2.29. The summed E-state index contributed by atoms with van der Waals surface area (Å²) in [5, 5.41) is 3.36. The van der Waals surface area contributed by atoms with Gasteiger partial charge in [0.1, 0.15) is 0 Å². The minimum absolute atomic E-state index is 0.144. The van der Waals surface area contributed by atoms with Gasteiger partial charge >= 0.3 is 0 Å². The van der Waals surface area contributed by atoms with Crippen LogP contribution in [0.25, 0.3) is 0 Å². The molecule has 0 aromatic heterocycles. The molecule has 0 saturated carbocycles. The van der Waals surface area contributed by atoms with Crippen LogP contribution in [0.15, 0.2) is 22.7 Å². The maximum atomic E-state index is 12.0. The third-order valence-electron chi connectivity index (χ3n) is 2.82. The molecule has 1 rings (SSSR count). The van der Waals surface area contributed by atoms with E-state index in [2.05, 4.69) is 28.2 Å². The number of alkyl halides is 1. The Bertz CT molecular complexity index is 412. The Morgan fingerprint density at radius 2 is 2.22 bits per heavy atom. The van der Waals surface area contributed by atoms with Gasteiger partial charge in [-0.15, -0.1) is 11.6 Å². The smallest absolute Gasteiger partial charge is 0.252 e. The van der Waals surface area contributed by atoms with Crippen LogP contribution in [0.1, 0.15) is 30.1 Å². The average Bonchev–Trinajstić information content (AvgIpc) is 2.37. The first-order valence-corrected chi connectivity index (χ1v) is 7.58. The van der Waals surface area contributed by atoms with Gasteiger partial charge in [-0.25, -0.2) is 0 Å². The van der Waals surface area contributed by atoms with Crippen molar-refractivity contribution in [3.05, 3.63) is 33.3 Å². The highest BCUT2D eigenvalue weighted by molar-refractivity contribution is 9.10. The third-order valence-corrected chi connectivity index (χ3v) is 3.86. The average molecular weight is 353 g/mol. The van der Waals surface area contributed by atoms with Crippen LogP contribution in [0.5, 0.6) is 0 Å². The topological polar surface area (TPSA) is 29.1 Å². The number of amides is 1. The molecule has 1 N–H and O–H groups in total. The molecule has 100 valence electrons. The van der Waals surface area contributed by atoms with E-state index in [0.29, 0.717) is 28.9 Å². The monoisotopic (exact) mass is 351 g/mol. The van der Waals surface area contributed by atoms with E-state index in [4.69, 9.17) is 23.2 Å². The lowest BCUT2D eigenvalue weighted by molar-refractivity contribution is 0.0946. The van der Waals surface area contributed by atoms with Crippen molar-refractivity contribution >= 4 is 45.0 Å². The van der Waals surface area contributed by atoms with Crippen molar-refractivity contribution in [2.75, 3.05) is 12.4 Å². The van der Waals surface area contributed by atoms with Crippen LogP contribution in [0.3, 0.4) is 0 Å². The number of hydrogen-bond donors (Lipinski definition) is 1. The molecule has 1 unspecified atom stereocenters. The molecule has 0 aliphatic carbocycles. The largest absolute Gasteiger partial charge is 0.352 e. The van der Waals surface area contributed by atoms with Gasteiger partial charge in [-0.05, 0) is 30.5 Å². The molecule has 0 fully saturated rings. The normalized spacial score (nSPS) is 12.2. The number of hydrogen-bond acceptors (Lipinski definition) is 1. The Kier molecular flexibility index (Phi) is 7.05. The van der Waals surface area contributed by atoms with Crippen LogP contribution in [-0.2, 0) is 0 Å². The van der Waals surface area contributed by atoms with Gasteiger partial charge in [0.15, 0.2) is 0 Å². The predicted molar refractivity (Wildman–Crippen MR) is 80.6 cm³/mol. The minimum atomic E-state index is -0.144. The number of carbonyl (C=O) groups excluding carboxylic acids is 1. The maximum absolute atomic E-state index is 12.0. The second-order valence-corrected chi connectivity index (χ2v) is 5.79. The first-order chi connectivity index (χ1) is 8.58. The molecular weight excluding hydrogens is 337 g/mol. The zero-order valence-electron chi connectivity index (χ0n) is 10.2. The molecule has 1 atom stereocenters. The standard InChI is InChI=1S/C13H16BrCl2NO/c1-2-9(5-6-15)8-17-13(18)11-7-10(14)3-4-12(11)16/h3-4,7,9H,2,5-6,8H2,1H3,(H,17,18). The summed E-state index contributed by atoms with van der Waals surface area (Å²) in [6.45, 7) is 2.72. The molecular formula is C13H16BrCl2NO. The molecule has 1 aromatic rings. The predicted octanol–water partition coefficient (Wildman–Crippen LogP) is 4.49. The molecule has 18 heavy (non-hydrogen) atoms. The van der Waals surface area contributed by atoms with Crippen molar-refractivity contribution in [2.24, 2.45) is 5.92 Å². The van der Waals surface area contributed by atoms with E-state index in [0.717, 1.165) is 17.3 Å². The summed E-state index contributed by atoms with van der Waals surface area (Å²) in [5.74, 6) is 0.887. The Hall–Kier alpha value is -0.250. The van der Waals surface area contributed by atoms with Crippen molar-refractivity contribution in [1.82, 2.24) is 5.32 Å². The van der Waals surface area contributed by atoms with Gasteiger partial charge in [0.05, 0.1) is 10.6 Å². The Morgan fingerprint density at radius 3 is 2.83 bits per heavy atom. The molecule has 0 heterocycles. The summed E-state index contributed by atoms with van der Waals surface area (Å²) in [6, 6.07) is 5.23. The molecule has 0 spiro atoms. The Labute approximate surface area is 126 Å². The van der Waals surface area contributed by atoms with E-state index in [1.807, 2.05) is 6.07 Å². The molecule has 5 heteroatoms. The fourth-order valence-electron chi connectivity index (χ4n) is 1.61. The number of halogens is 3. The molecule has 0 aliphatic heterocycles. The molecule has 1 amide bonds. The second-order valence-electron chi connectivity index (χ2n) is 4.09. The van der Waals surface area contributed by atoms with Crippen LogP contribution in [0.2, 0.25) is 5.02 Å². The van der Waals surface area contributed by atoms with Crippen molar-refractivity contribution in [3.63, 3.8) is 0 Å². The van der Waals surface area contributed by atoms with Crippen LogP contribution in [-0.4, -0.2) is 18.3 Å². The number of nitrogens with one attached hydrogen (secondary N) is 1. The number of rotatable bonds is 6. The fourth-order valence-corrected chi connectivity index (χ4v) is 2.48. The van der Waals surface area contributed by atoms with E-state index in [1.54, 1.807) is 12.1 Å². The molecule has 0 radical (unpaired) electrons. The molecule has 0 saturated heterocycles. The van der Waals surface area contributed by atoms with Crippen LogP contribution in [0.4, 0.5) is 0 Å². The van der Waals surface area contributed by atoms with E-state index in [1.165, 1.54) is 0 Å². The van der Waals surface area contributed by atoms with Gasteiger partial charge in [-0.1, -0.05) is 40.9 Å². The van der Waals surface area contributed by atoms with E-state index in [9.17, 15) is 4.79 Å². The summed E-state index contributed by atoms with van der Waals surface area (Å²) in [4.78, 5) is 12.0. The Balaban J connectivity index is 2.62. The molecule has 1 aromatic carbocycles. The van der Waals surface area contributed by atoms with Gasteiger partial charge in [-0.2, -0.15) is 0 Å². The molecule has 2 nitrogen and oxygen atoms in total. The van der Waals surface area contributed by atoms with Crippen LogP contribution < -0.4 is 5.32 Å². The van der Waals surface area contributed by atoms with E-state index in [-0.39, 0.29) is 5.91 Å². The van der Waals surface area contributed by atoms with Gasteiger partial charge < -0.3 is 5.32 Å². The van der Waals surface area contributed by atoms with Gasteiger partial charge in [-0.3, -0.25) is 4.79 Å². The molecule has 0 bridgehead atoms. The summed E-state index contributed by atoms with van der Waals surface area (Å²) in [7, 11) is 0. The lowest BCUT2D eigenvalue weighted by atomic mass is 10.0. The van der Waals surface area contributed by atoms with E-state index >= 15 is 0 Å². The first kappa shape index (κ1) is 15.8. The van der Waals surface area contributed by atoms with Crippen LogP contribution >= 0.6 is 39.1 Å². The minimum Gasteiger partial charge on any atom is -0.352 e. The molecule has 0 aliphatic rings. The summed E-state index contributed by atoms with van der Waals surface area (Å²) in [5.41, 5.74) is 0.492. The highest BCUT2D eigenvalue weighted by Gasteiger charge is 2.12. The van der Waals surface area contributed by atoms with Gasteiger partial charge in [0, 0.05) is 16.9 Å². The SMILES string of the molecule is CCC(CCCl)CNC(=O)c1cc(Br)ccc1Cl. The van der Waals surface area contributed by atoms with Crippen molar-refractivity contribution in [1.29, 1.82) is 0 Å². The van der Waals surface area contributed by atoms with Crippen molar-refractivity contribution < 1.29 is 4.79 Å². The lowest BCUT2D eigenvalue weighted by Gasteiger charge is -2.14. The highest BCUT2D eigenvalue weighted by atomic mass is 79.9. The highest BCUT2D eigenvalue weighted by Crippen LogP contribution is 2.21. The van der Waals surface area contributed by atoms with Crippen molar-refractivity contribution in [2.45, 2.75) is 19.8 Å². The third kappa shape index (κ3) is 4.79. The van der Waals surface area contributed by atoms with E-state index < -0.39 is 0 Å². The fraction of sp³-hybridized carbons (Fsp3) is 0.462. The number of benzene rings is 1. The zero-order chi connectivity index (χ0) is 13.5. The van der Waals surface area contributed by atoms with Gasteiger partial charge in [0.25, 0.3) is 5.91 Å². The summed E-state index contributed by atoms with van der Waals surface area (Å²) in [6.07, 6.45) is 1.91. The zero-order valence-corrected chi connectivity index (χ0v) is 13.3.